The molecule has 3 rings (SSSR count). The molecule has 2 aromatic carbocycles. The zero-order chi connectivity index (χ0) is 13.4. The monoisotopic (exact) mass is 292 g/mol. The summed E-state index contributed by atoms with van der Waals surface area (Å²) < 4.78 is 5.71. The summed E-state index contributed by atoms with van der Waals surface area (Å²) in [6, 6.07) is 12.1. The van der Waals surface area contributed by atoms with Gasteiger partial charge in [0.1, 0.15) is 5.75 Å². The van der Waals surface area contributed by atoms with Gasteiger partial charge in [-0.2, -0.15) is 0 Å². The molecule has 0 saturated carbocycles. The maximum absolute atomic E-state index is 6.60. The first-order valence-corrected chi connectivity index (χ1v) is 7.12. The molecule has 1 atom stereocenters. The molecule has 98 valence electrons. The van der Waals surface area contributed by atoms with Crippen LogP contribution in [-0.2, 0) is 6.42 Å². The summed E-state index contributed by atoms with van der Waals surface area (Å²) in [4.78, 5) is 0. The molecule has 0 saturated heterocycles. The second-order valence-corrected chi connectivity index (χ2v) is 5.73. The third-order valence-electron chi connectivity index (χ3n) is 3.42. The molecule has 1 aliphatic heterocycles. The lowest BCUT2D eigenvalue weighted by atomic mass is 10.00. The van der Waals surface area contributed by atoms with E-state index in [0.717, 1.165) is 33.9 Å². The van der Waals surface area contributed by atoms with Crippen molar-refractivity contribution in [2.75, 3.05) is 6.61 Å². The Labute approximate surface area is 123 Å². The number of hydrogen-bond donors (Lipinski definition) is 0. The molecule has 2 aromatic rings. The molecule has 0 fully saturated rings. The topological polar surface area (TPSA) is 9.23 Å². The zero-order valence-electron chi connectivity index (χ0n) is 10.6. The van der Waals surface area contributed by atoms with Gasteiger partial charge in [0, 0.05) is 17.0 Å². The molecule has 0 radical (unpaired) electrons. The van der Waals surface area contributed by atoms with E-state index in [9.17, 15) is 0 Å². The number of benzene rings is 2. The van der Waals surface area contributed by atoms with E-state index in [1.54, 1.807) is 0 Å². The Hall–Kier alpha value is -1.18. The van der Waals surface area contributed by atoms with E-state index in [-0.39, 0.29) is 5.38 Å². The molecule has 0 spiro atoms. The fourth-order valence-corrected chi connectivity index (χ4v) is 2.96. The van der Waals surface area contributed by atoms with Gasteiger partial charge in [-0.15, -0.1) is 11.6 Å². The summed E-state index contributed by atoms with van der Waals surface area (Å²) in [6.07, 6.45) is 0.903. The largest absolute Gasteiger partial charge is 0.493 e. The molecule has 0 aromatic heterocycles. The molecule has 1 heterocycles. The van der Waals surface area contributed by atoms with Crippen molar-refractivity contribution < 1.29 is 4.74 Å². The Bertz CT molecular complexity index is 605. The molecule has 0 bridgehead atoms. The molecule has 1 nitrogen and oxygen atoms in total. The van der Waals surface area contributed by atoms with Crippen LogP contribution in [0.1, 0.15) is 27.6 Å². The minimum atomic E-state index is -0.230. The molecule has 1 unspecified atom stereocenters. The third-order valence-corrected chi connectivity index (χ3v) is 4.13. The van der Waals surface area contributed by atoms with Gasteiger partial charge >= 0.3 is 0 Å². The number of rotatable bonds is 2. The van der Waals surface area contributed by atoms with Crippen molar-refractivity contribution in [3.05, 3.63) is 63.7 Å². The SMILES string of the molecule is Cc1ccc(C(Cl)c2cc(Cl)cc3c2OCC3)cc1. The average Bonchev–Trinajstić information content (AvgIpc) is 2.85. The number of fused-ring (bicyclic) bond motifs is 1. The quantitative estimate of drug-likeness (QED) is 0.715. The van der Waals surface area contributed by atoms with Crippen molar-refractivity contribution in [1.82, 2.24) is 0 Å². The summed E-state index contributed by atoms with van der Waals surface area (Å²) in [5.74, 6) is 0.907. The third kappa shape index (κ3) is 2.45. The van der Waals surface area contributed by atoms with Crippen molar-refractivity contribution in [3.63, 3.8) is 0 Å². The van der Waals surface area contributed by atoms with Crippen LogP contribution in [0.4, 0.5) is 0 Å². The minimum absolute atomic E-state index is 0.230. The first kappa shape index (κ1) is 12.8. The lowest BCUT2D eigenvalue weighted by molar-refractivity contribution is 0.353. The summed E-state index contributed by atoms with van der Waals surface area (Å²) >= 11 is 12.8. The lowest BCUT2D eigenvalue weighted by Crippen LogP contribution is -1.97. The first-order chi connectivity index (χ1) is 9.15. The predicted octanol–water partition coefficient (Wildman–Crippen LogP) is 4.91. The van der Waals surface area contributed by atoms with Gasteiger partial charge in [0.2, 0.25) is 0 Å². The van der Waals surface area contributed by atoms with Crippen molar-refractivity contribution in [2.45, 2.75) is 18.7 Å². The molecule has 1 aliphatic rings. The van der Waals surface area contributed by atoms with Crippen LogP contribution in [0.2, 0.25) is 5.02 Å². The van der Waals surface area contributed by atoms with E-state index in [1.807, 2.05) is 12.1 Å². The highest BCUT2D eigenvalue weighted by Crippen LogP contribution is 2.41. The number of aryl methyl sites for hydroxylation is 1. The zero-order valence-corrected chi connectivity index (χ0v) is 12.1. The Kier molecular flexibility index (Phi) is 3.42. The van der Waals surface area contributed by atoms with E-state index in [0.29, 0.717) is 6.61 Å². The van der Waals surface area contributed by atoms with Crippen LogP contribution in [-0.4, -0.2) is 6.61 Å². The number of halogens is 2. The molecular weight excluding hydrogens is 279 g/mol. The summed E-state index contributed by atoms with van der Waals surface area (Å²) in [5.41, 5.74) is 4.40. The van der Waals surface area contributed by atoms with Crippen LogP contribution in [0.5, 0.6) is 5.75 Å². The minimum Gasteiger partial charge on any atom is -0.493 e. The standard InChI is InChI=1S/C16H14Cl2O/c1-10-2-4-11(5-3-10)15(18)14-9-13(17)8-12-6-7-19-16(12)14/h2-5,8-9,15H,6-7H2,1H3. The maximum atomic E-state index is 6.60. The van der Waals surface area contributed by atoms with Crippen molar-refractivity contribution in [3.8, 4) is 5.75 Å². The molecular formula is C16H14Cl2O. The molecule has 19 heavy (non-hydrogen) atoms. The smallest absolute Gasteiger partial charge is 0.127 e. The van der Waals surface area contributed by atoms with Crippen LogP contribution in [0.25, 0.3) is 0 Å². The molecule has 0 aliphatic carbocycles. The fourth-order valence-electron chi connectivity index (χ4n) is 2.40. The lowest BCUT2D eigenvalue weighted by Gasteiger charge is -2.15. The summed E-state index contributed by atoms with van der Waals surface area (Å²) in [5, 5.41) is 0.489. The van der Waals surface area contributed by atoms with E-state index in [2.05, 4.69) is 31.2 Å². The van der Waals surface area contributed by atoms with Gasteiger partial charge in [-0.25, -0.2) is 0 Å². The van der Waals surface area contributed by atoms with Crippen LogP contribution >= 0.6 is 23.2 Å². The second kappa shape index (κ2) is 5.07. The average molecular weight is 293 g/mol. The van der Waals surface area contributed by atoms with Gasteiger partial charge < -0.3 is 4.74 Å². The number of alkyl halides is 1. The Morgan fingerprint density at radius 2 is 1.89 bits per heavy atom. The van der Waals surface area contributed by atoms with Crippen LogP contribution < -0.4 is 4.74 Å². The highest BCUT2D eigenvalue weighted by atomic mass is 35.5. The van der Waals surface area contributed by atoms with Crippen LogP contribution in [0.15, 0.2) is 36.4 Å². The van der Waals surface area contributed by atoms with Crippen LogP contribution in [0, 0.1) is 6.92 Å². The van der Waals surface area contributed by atoms with Crippen LogP contribution in [0.3, 0.4) is 0 Å². The first-order valence-electron chi connectivity index (χ1n) is 6.31. The normalized spacial score (nSPS) is 14.9. The highest BCUT2D eigenvalue weighted by Gasteiger charge is 2.23. The molecule has 3 heteroatoms. The van der Waals surface area contributed by atoms with E-state index in [1.165, 1.54) is 5.56 Å². The van der Waals surface area contributed by atoms with Crippen molar-refractivity contribution >= 4 is 23.2 Å². The Morgan fingerprint density at radius 1 is 1.16 bits per heavy atom. The van der Waals surface area contributed by atoms with Gasteiger partial charge in [0.15, 0.2) is 0 Å². The van der Waals surface area contributed by atoms with Gasteiger partial charge in [-0.05, 0) is 30.2 Å². The van der Waals surface area contributed by atoms with E-state index < -0.39 is 0 Å². The highest BCUT2D eigenvalue weighted by molar-refractivity contribution is 6.31. The van der Waals surface area contributed by atoms with Gasteiger partial charge in [-0.3, -0.25) is 0 Å². The maximum Gasteiger partial charge on any atom is 0.127 e. The van der Waals surface area contributed by atoms with Gasteiger partial charge in [0.05, 0.1) is 12.0 Å². The Morgan fingerprint density at radius 3 is 2.63 bits per heavy atom. The van der Waals surface area contributed by atoms with E-state index in [4.69, 9.17) is 27.9 Å². The summed E-state index contributed by atoms with van der Waals surface area (Å²) in [7, 11) is 0. The van der Waals surface area contributed by atoms with Gasteiger partial charge in [-0.1, -0.05) is 41.4 Å². The van der Waals surface area contributed by atoms with Crippen molar-refractivity contribution in [1.29, 1.82) is 0 Å². The Balaban J connectivity index is 2.04. The van der Waals surface area contributed by atoms with Gasteiger partial charge in [0.25, 0.3) is 0 Å². The molecule has 0 N–H and O–H groups in total. The fraction of sp³-hybridized carbons (Fsp3) is 0.250. The predicted molar refractivity (Wildman–Crippen MR) is 79.5 cm³/mol. The summed E-state index contributed by atoms with van der Waals surface area (Å²) in [6.45, 7) is 2.77. The molecule has 0 amide bonds. The second-order valence-electron chi connectivity index (χ2n) is 4.85. The number of hydrogen-bond acceptors (Lipinski definition) is 1. The van der Waals surface area contributed by atoms with E-state index >= 15 is 0 Å². The van der Waals surface area contributed by atoms with Crippen molar-refractivity contribution in [2.24, 2.45) is 0 Å². The number of ether oxygens (including phenoxy) is 1.